The first-order valence-corrected chi connectivity index (χ1v) is 4.00. The number of methoxy groups -OCH3 is 1. The number of nitrogens with two attached hydrogens (primary N) is 1. The van der Waals surface area contributed by atoms with Gasteiger partial charge < -0.3 is 15.0 Å². The SMILES string of the molecule is COCCCc1oncc1CN. The van der Waals surface area contributed by atoms with E-state index >= 15 is 0 Å². The minimum atomic E-state index is 0.492. The smallest absolute Gasteiger partial charge is 0.141 e. The van der Waals surface area contributed by atoms with Crippen molar-refractivity contribution in [2.75, 3.05) is 13.7 Å². The van der Waals surface area contributed by atoms with Crippen LogP contribution in [0, 0.1) is 0 Å². The summed E-state index contributed by atoms with van der Waals surface area (Å²) in [5.41, 5.74) is 6.46. The van der Waals surface area contributed by atoms with Gasteiger partial charge in [-0.15, -0.1) is 0 Å². The molecule has 12 heavy (non-hydrogen) atoms. The molecule has 0 unspecified atom stereocenters. The molecule has 0 amide bonds. The number of ether oxygens (including phenoxy) is 1. The average molecular weight is 170 g/mol. The van der Waals surface area contributed by atoms with Crippen LogP contribution in [0.15, 0.2) is 10.7 Å². The zero-order chi connectivity index (χ0) is 8.81. The summed E-state index contributed by atoms with van der Waals surface area (Å²) in [6, 6.07) is 0. The van der Waals surface area contributed by atoms with Crippen LogP contribution in [0.2, 0.25) is 0 Å². The van der Waals surface area contributed by atoms with Crippen LogP contribution >= 0.6 is 0 Å². The lowest BCUT2D eigenvalue weighted by Crippen LogP contribution is -1.99. The second kappa shape index (κ2) is 4.90. The molecule has 0 saturated heterocycles. The Labute approximate surface area is 71.7 Å². The van der Waals surface area contributed by atoms with Crippen LogP contribution in [0.25, 0.3) is 0 Å². The van der Waals surface area contributed by atoms with Crippen LogP contribution in [-0.4, -0.2) is 18.9 Å². The average Bonchev–Trinajstić information content (AvgIpc) is 2.52. The molecule has 1 heterocycles. The van der Waals surface area contributed by atoms with Crippen molar-refractivity contribution in [2.24, 2.45) is 5.73 Å². The molecule has 1 aromatic heterocycles. The van der Waals surface area contributed by atoms with Crippen molar-refractivity contribution in [1.82, 2.24) is 5.16 Å². The summed E-state index contributed by atoms with van der Waals surface area (Å²) >= 11 is 0. The van der Waals surface area contributed by atoms with Gasteiger partial charge in [0, 0.05) is 32.2 Å². The fourth-order valence-corrected chi connectivity index (χ4v) is 1.03. The summed E-state index contributed by atoms with van der Waals surface area (Å²) in [6.45, 7) is 1.23. The first-order valence-electron chi connectivity index (χ1n) is 4.00. The van der Waals surface area contributed by atoms with Gasteiger partial charge >= 0.3 is 0 Å². The zero-order valence-corrected chi connectivity index (χ0v) is 7.25. The van der Waals surface area contributed by atoms with Crippen LogP contribution in [-0.2, 0) is 17.7 Å². The number of hydrogen-bond acceptors (Lipinski definition) is 4. The predicted molar refractivity (Wildman–Crippen MR) is 44.6 cm³/mol. The molecule has 0 spiro atoms. The molecule has 4 nitrogen and oxygen atoms in total. The maximum absolute atomic E-state index is 5.47. The Morgan fingerprint density at radius 2 is 2.50 bits per heavy atom. The van der Waals surface area contributed by atoms with Crippen molar-refractivity contribution >= 4 is 0 Å². The number of aromatic nitrogens is 1. The standard InChI is InChI=1S/C8H14N2O2/c1-11-4-2-3-8-7(5-9)6-10-12-8/h6H,2-5,9H2,1H3. The highest BCUT2D eigenvalue weighted by Crippen LogP contribution is 2.09. The van der Waals surface area contributed by atoms with E-state index in [1.807, 2.05) is 0 Å². The second-order valence-electron chi connectivity index (χ2n) is 2.57. The molecule has 0 aliphatic heterocycles. The molecular weight excluding hydrogens is 156 g/mol. The molecule has 2 N–H and O–H groups in total. The Balaban J connectivity index is 2.39. The number of aryl methyl sites for hydroxylation is 1. The Bertz CT molecular complexity index is 223. The van der Waals surface area contributed by atoms with Gasteiger partial charge in [-0.1, -0.05) is 5.16 Å². The largest absolute Gasteiger partial charge is 0.385 e. The minimum absolute atomic E-state index is 0.492. The van der Waals surface area contributed by atoms with E-state index in [2.05, 4.69) is 5.16 Å². The van der Waals surface area contributed by atoms with Crippen LogP contribution < -0.4 is 5.73 Å². The molecule has 0 saturated carbocycles. The van der Waals surface area contributed by atoms with E-state index in [0.29, 0.717) is 6.54 Å². The third kappa shape index (κ3) is 2.32. The second-order valence-corrected chi connectivity index (χ2v) is 2.57. The minimum Gasteiger partial charge on any atom is -0.385 e. The Kier molecular flexibility index (Phi) is 3.76. The summed E-state index contributed by atoms with van der Waals surface area (Å²) in [5, 5.41) is 3.68. The lowest BCUT2D eigenvalue weighted by atomic mass is 10.2. The molecule has 1 rings (SSSR count). The predicted octanol–water partition coefficient (Wildman–Crippen LogP) is 0.712. The molecule has 0 aromatic carbocycles. The lowest BCUT2D eigenvalue weighted by molar-refractivity contribution is 0.192. The van der Waals surface area contributed by atoms with Gasteiger partial charge in [0.2, 0.25) is 0 Å². The summed E-state index contributed by atoms with van der Waals surface area (Å²) in [6.07, 6.45) is 3.46. The van der Waals surface area contributed by atoms with Gasteiger partial charge in [-0.25, -0.2) is 0 Å². The topological polar surface area (TPSA) is 61.3 Å². The Hall–Kier alpha value is -0.870. The quantitative estimate of drug-likeness (QED) is 0.661. The molecule has 1 aromatic rings. The van der Waals surface area contributed by atoms with Gasteiger partial charge in [0.05, 0.1) is 6.20 Å². The van der Waals surface area contributed by atoms with E-state index in [1.54, 1.807) is 13.3 Å². The summed E-state index contributed by atoms with van der Waals surface area (Å²) in [5.74, 6) is 0.884. The fourth-order valence-electron chi connectivity index (χ4n) is 1.03. The molecule has 0 aliphatic rings. The molecule has 4 heteroatoms. The van der Waals surface area contributed by atoms with Gasteiger partial charge in [0.25, 0.3) is 0 Å². The maximum atomic E-state index is 5.47. The van der Waals surface area contributed by atoms with Crippen LogP contribution in [0.1, 0.15) is 17.7 Å². The van der Waals surface area contributed by atoms with Crippen LogP contribution in [0.4, 0.5) is 0 Å². The van der Waals surface area contributed by atoms with Gasteiger partial charge in [-0.2, -0.15) is 0 Å². The third-order valence-electron chi connectivity index (χ3n) is 1.70. The van der Waals surface area contributed by atoms with Gasteiger partial charge in [0.15, 0.2) is 0 Å². The van der Waals surface area contributed by atoms with Gasteiger partial charge in [0.1, 0.15) is 5.76 Å². The molecule has 0 radical (unpaired) electrons. The molecular formula is C8H14N2O2. The van der Waals surface area contributed by atoms with Crippen molar-refractivity contribution in [2.45, 2.75) is 19.4 Å². The van der Waals surface area contributed by atoms with E-state index in [-0.39, 0.29) is 0 Å². The van der Waals surface area contributed by atoms with E-state index in [4.69, 9.17) is 15.0 Å². The number of rotatable bonds is 5. The highest BCUT2D eigenvalue weighted by atomic mass is 16.5. The maximum Gasteiger partial charge on any atom is 0.141 e. The molecule has 68 valence electrons. The van der Waals surface area contributed by atoms with E-state index in [9.17, 15) is 0 Å². The number of nitrogens with zero attached hydrogens (tertiary/aromatic N) is 1. The van der Waals surface area contributed by atoms with E-state index in [0.717, 1.165) is 30.8 Å². The van der Waals surface area contributed by atoms with Crippen LogP contribution in [0.3, 0.4) is 0 Å². The molecule has 0 bridgehead atoms. The van der Waals surface area contributed by atoms with Crippen molar-refractivity contribution in [1.29, 1.82) is 0 Å². The summed E-state index contributed by atoms with van der Waals surface area (Å²) < 4.78 is 9.94. The highest BCUT2D eigenvalue weighted by Gasteiger charge is 2.04. The lowest BCUT2D eigenvalue weighted by Gasteiger charge is -1.97. The summed E-state index contributed by atoms with van der Waals surface area (Å²) in [7, 11) is 1.68. The van der Waals surface area contributed by atoms with Gasteiger partial charge in [-0.3, -0.25) is 0 Å². The highest BCUT2D eigenvalue weighted by molar-refractivity contribution is 5.12. The monoisotopic (exact) mass is 170 g/mol. The third-order valence-corrected chi connectivity index (χ3v) is 1.70. The molecule has 0 fully saturated rings. The fraction of sp³-hybridized carbons (Fsp3) is 0.625. The van der Waals surface area contributed by atoms with E-state index < -0.39 is 0 Å². The first kappa shape index (κ1) is 9.22. The summed E-state index contributed by atoms with van der Waals surface area (Å²) in [4.78, 5) is 0. The molecule has 0 aliphatic carbocycles. The van der Waals surface area contributed by atoms with Gasteiger partial charge in [-0.05, 0) is 6.42 Å². The Morgan fingerprint density at radius 1 is 1.67 bits per heavy atom. The van der Waals surface area contributed by atoms with Crippen LogP contribution in [0.5, 0.6) is 0 Å². The first-order chi connectivity index (χ1) is 5.88. The van der Waals surface area contributed by atoms with E-state index in [1.165, 1.54) is 0 Å². The number of hydrogen-bond donors (Lipinski definition) is 1. The Morgan fingerprint density at radius 3 is 3.17 bits per heavy atom. The van der Waals surface area contributed by atoms with Crippen molar-refractivity contribution < 1.29 is 9.26 Å². The zero-order valence-electron chi connectivity index (χ0n) is 7.25. The van der Waals surface area contributed by atoms with Crippen molar-refractivity contribution in [3.63, 3.8) is 0 Å². The normalized spacial score (nSPS) is 10.5. The van der Waals surface area contributed by atoms with Crippen molar-refractivity contribution in [3.8, 4) is 0 Å². The molecule has 0 atom stereocenters. The van der Waals surface area contributed by atoms with Crippen molar-refractivity contribution in [3.05, 3.63) is 17.5 Å².